The number of hydrogen-bond acceptors (Lipinski definition) is 2. The van der Waals surface area contributed by atoms with E-state index in [9.17, 15) is 13.2 Å². The highest BCUT2D eigenvalue weighted by Crippen LogP contribution is 2.39. The summed E-state index contributed by atoms with van der Waals surface area (Å²) in [6.45, 7) is 0. The molecule has 0 saturated heterocycles. The van der Waals surface area contributed by atoms with Gasteiger partial charge in [-0.2, -0.15) is 18.3 Å². The van der Waals surface area contributed by atoms with Gasteiger partial charge < -0.3 is 5.73 Å². The Morgan fingerprint density at radius 3 is 2.54 bits per heavy atom. The molecule has 3 N–H and O–H groups in total. The normalized spacial score (nSPS) is 27.7. The maximum atomic E-state index is 12.1. The molecule has 0 bridgehead atoms. The lowest BCUT2D eigenvalue weighted by molar-refractivity contribution is -0.141. The lowest BCUT2D eigenvalue weighted by atomic mass is 10.2. The summed E-state index contributed by atoms with van der Waals surface area (Å²) in [4.78, 5) is 0. The molecule has 1 aliphatic rings. The van der Waals surface area contributed by atoms with Gasteiger partial charge in [-0.1, -0.05) is 0 Å². The van der Waals surface area contributed by atoms with Crippen molar-refractivity contribution in [2.45, 2.75) is 24.6 Å². The van der Waals surface area contributed by atoms with Crippen LogP contribution >= 0.6 is 0 Å². The van der Waals surface area contributed by atoms with Crippen LogP contribution in [-0.2, 0) is 6.18 Å². The van der Waals surface area contributed by atoms with E-state index in [4.69, 9.17) is 5.73 Å². The highest BCUT2D eigenvalue weighted by Gasteiger charge is 2.40. The minimum absolute atomic E-state index is 0.0125. The average Bonchev–Trinajstić information content (AvgIpc) is 2.57. The minimum Gasteiger partial charge on any atom is -0.327 e. The van der Waals surface area contributed by atoms with Gasteiger partial charge in [0.2, 0.25) is 0 Å². The van der Waals surface area contributed by atoms with Crippen LogP contribution in [-0.4, -0.2) is 16.2 Å². The Hall–Kier alpha value is -1.04. The SMILES string of the molecule is N[C@@H]1C[C@H]1c1cc(C(F)(F)F)n[nH]1. The molecule has 1 fully saturated rings. The number of hydrogen-bond donors (Lipinski definition) is 2. The average molecular weight is 191 g/mol. The van der Waals surface area contributed by atoms with Gasteiger partial charge in [-0.15, -0.1) is 0 Å². The number of aromatic amines is 1. The van der Waals surface area contributed by atoms with Gasteiger partial charge in [-0.25, -0.2) is 0 Å². The van der Waals surface area contributed by atoms with E-state index >= 15 is 0 Å². The van der Waals surface area contributed by atoms with E-state index in [-0.39, 0.29) is 12.0 Å². The van der Waals surface area contributed by atoms with Crippen LogP contribution in [0.3, 0.4) is 0 Å². The maximum Gasteiger partial charge on any atom is 0.435 e. The van der Waals surface area contributed by atoms with E-state index in [2.05, 4.69) is 10.2 Å². The summed E-state index contributed by atoms with van der Waals surface area (Å²) in [6.07, 6.45) is -3.63. The van der Waals surface area contributed by atoms with Crippen LogP contribution < -0.4 is 5.73 Å². The Morgan fingerprint density at radius 1 is 1.54 bits per heavy atom. The quantitative estimate of drug-likeness (QED) is 0.701. The monoisotopic (exact) mass is 191 g/mol. The molecule has 13 heavy (non-hydrogen) atoms. The molecular formula is C7H8F3N3. The number of nitrogens with zero attached hydrogens (tertiary/aromatic N) is 1. The molecule has 0 spiro atoms. The first-order valence-electron chi connectivity index (χ1n) is 3.86. The molecule has 2 rings (SSSR count). The predicted octanol–water partition coefficient (Wildman–Crippen LogP) is 1.24. The highest BCUT2D eigenvalue weighted by molar-refractivity contribution is 5.23. The smallest absolute Gasteiger partial charge is 0.327 e. The van der Waals surface area contributed by atoms with Crippen LogP contribution in [0.1, 0.15) is 23.7 Å². The van der Waals surface area contributed by atoms with E-state index in [0.717, 1.165) is 12.5 Å². The second-order valence-electron chi connectivity index (χ2n) is 3.21. The van der Waals surface area contributed by atoms with Crippen molar-refractivity contribution in [1.82, 2.24) is 10.2 Å². The predicted molar refractivity (Wildman–Crippen MR) is 38.9 cm³/mol. The van der Waals surface area contributed by atoms with Gasteiger partial charge in [0.05, 0.1) is 0 Å². The molecule has 1 heterocycles. The molecule has 3 nitrogen and oxygen atoms in total. The van der Waals surface area contributed by atoms with Crippen molar-refractivity contribution in [3.8, 4) is 0 Å². The Labute approximate surface area is 72.1 Å². The number of H-pyrrole nitrogens is 1. The molecule has 0 aliphatic heterocycles. The van der Waals surface area contributed by atoms with Crippen molar-refractivity contribution in [3.63, 3.8) is 0 Å². The van der Waals surface area contributed by atoms with Crippen LogP contribution in [0.25, 0.3) is 0 Å². The summed E-state index contributed by atoms with van der Waals surface area (Å²) in [7, 11) is 0. The molecule has 1 aliphatic carbocycles. The highest BCUT2D eigenvalue weighted by atomic mass is 19.4. The second kappa shape index (κ2) is 2.47. The van der Waals surface area contributed by atoms with E-state index in [1.165, 1.54) is 0 Å². The van der Waals surface area contributed by atoms with Crippen LogP contribution in [0, 0.1) is 0 Å². The summed E-state index contributed by atoms with van der Waals surface area (Å²) in [5, 5.41) is 5.53. The lowest BCUT2D eigenvalue weighted by Crippen LogP contribution is -2.04. The number of aromatic nitrogens is 2. The molecule has 0 aromatic carbocycles. The third-order valence-corrected chi connectivity index (χ3v) is 2.13. The first kappa shape index (κ1) is 8.55. The van der Waals surface area contributed by atoms with Crippen molar-refractivity contribution in [2.24, 2.45) is 5.73 Å². The number of nitrogens with one attached hydrogen (secondary N) is 1. The molecule has 1 aromatic heterocycles. The topological polar surface area (TPSA) is 54.7 Å². The lowest BCUT2D eigenvalue weighted by Gasteiger charge is -1.98. The second-order valence-corrected chi connectivity index (χ2v) is 3.21. The zero-order valence-electron chi connectivity index (χ0n) is 6.60. The van der Waals surface area contributed by atoms with Crippen LogP contribution in [0.5, 0.6) is 0 Å². The van der Waals surface area contributed by atoms with Gasteiger partial charge in [-0.05, 0) is 12.5 Å². The van der Waals surface area contributed by atoms with Crippen molar-refractivity contribution < 1.29 is 13.2 Å². The third-order valence-electron chi connectivity index (χ3n) is 2.13. The molecule has 0 amide bonds. The molecule has 1 aromatic rings. The van der Waals surface area contributed by atoms with Crippen LogP contribution in [0.2, 0.25) is 0 Å². The fraction of sp³-hybridized carbons (Fsp3) is 0.571. The first-order chi connectivity index (χ1) is 5.98. The van der Waals surface area contributed by atoms with Gasteiger partial charge in [0.15, 0.2) is 5.69 Å². The van der Waals surface area contributed by atoms with Gasteiger partial charge in [0.1, 0.15) is 0 Å². The Morgan fingerprint density at radius 2 is 2.15 bits per heavy atom. The summed E-state index contributed by atoms with van der Waals surface area (Å²) >= 11 is 0. The van der Waals surface area contributed by atoms with Crippen LogP contribution in [0.4, 0.5) is 13.2 Å². The number of nitrogens with two attached hydrogens (primary N) is 1. The van der Waals surface area contributed by atoms with Crippen LogP contribution in [0.15, 0.2) is 6.07 Å². The van der Waals surface area contributed by atoms with Crippen molar-refractivity contribution >= 4 is 0 Å². The number of halogens is 3. The standard InChI is InChI=1S/C7H8F3N3/c8-7(9,10)6-2-5(12-13-6)3-1-4(3)11/h2-4H,1,11H2,(H,12,13)/t3-,4-/m1/s1. The largest absolute Gasteiger partial charge is 0.435 e. The Balaban J connectivity index is 2.19. The molecule has 0 unspecified atom stereocenters. The molecule has 6 heteroatoms. The molecule has 0 radical (unpaired) electrons. The summed E-state index contributed by atoms with van der Waals surface area (Å²) in [5.41, 5.74) is 5.10. The first-order valence-corrected chi connectivity index (χ1v) is 3.86. The summed E-state index contributed by atoms with van der Waals surface area (Å²) < 4.78 is 36.2. The van der Waals surface area contributed by atoms with E-state index in [1.54, 1.807) is 0 Å². The van der Waals surface area contributed by atoms with Gasteiger partial charge in [-0.3, -0.25) is 5.10 Å². The van der Waals surface area contributed by atoms with Crippen molar-refractivity contribution in [3.05, 3.63) is 17.5 Å². The molecule has 72 valence electrons. The maximum absolute atomic E-state index is 12.1. The van der Waals surface area contributed by atoms with E-state index < -0.39 is 11.9 Å². The minimum atomic E-state index is -4.37. The fourth-order valence-corrected chi connectivity index (χ4v) is 1.24. The zero-order chi connectivity index (χ0) is 9.64. The molecule has 2 atom stereocenters. The number of rotatable bonds is 1. The van der Waals surface area contributed by atoms with Crippen molar-refractivity contribution in [1.29, 1.82) is 0 Å². The Kier molecular flexibility index (Phi) is 1.63. The van der Waals surface area contributed by atoms with E-state index in [0.29, 0.717) is 5.69 Å². The molecular weight excluding hydrogens is 183 g/mol. The van der Waals surface area contributed by atoms with Gasteiger partial charge in [0.25, 0.3) is 0 Å². The summed E-state index contributed by atoms with van der Waals surface area (Å²) in [5.74, 6) is 0.0311. The van der Waals surface area contributed by atoms with Gasteiger partial charge >= 0.3 is 6.18 Å². The van der Waals surface area contributed by atoms with E-state index in [1.807, 2.05) is 0 Å². The zero-order valence-corrected chi connectivity index (χ0v) is 6.60. The number of alkyl halides is 3. The Bertz CT molecular complexity index is 317. The van der Waals surface area contributed by atoms with Crippen molar-refractivity contribution in [2.75, 3.05) is 0 Å². The molecule has 1 saturated carbocycles. The third kappa shape index (κ3) is 1.53. The van der Waals surface area contributed by atoms with Gasteiger partial charge in [0, 0.05) is 17.7 Å². The summed E-state index contributed by atoms with van der Waals surface area (Å²) in [6, 6.07) is 1.01. The fourth-order valence-electron chi connectivity index (χ4n) is 1.24.